The molecule has 0 saturated heterocycles. The van der Waals surface area contributed by atoms with Crippen molar-refractivity contribution in [3.63, 3.8) is 0 Å². The normalized spacial score (nSPS) is 16.6. The van der Waals surface area contributed by atoms with E-state index in [0.717, 1.165) is 12.8 Å². The minimum Gasteiger partial charge on any atom is -0.273 e. The summed E-state index contributed by atoms with van der Waals surface area (Å²) in [6.45, 7) is 1.91. The average molecular weight is 229 g/mol. The quantitative estimate of drug-likeness (QED) is 0.740. The molecule has 1 heterocycles. The van der Waals surface area contributed by atoms with E-state index in [9.17, 15) is 9.59 Å². The number of nitrogens with zero attached hydrogens (tertiary/aromatic N) is 1. The number of hydrogen-bond donors (Lipinski definition) is 0. The Bertz CT molecular complexity index is 433. The van der Waals surface area contributed by atoms with Crippen LogP contribution in [-0.4, -0.2) is 22.8 Å². The fourth-order valence-corrected chi connectivity index (χ4v) is 2.00. The van der Waals surface area contributed by atoms with E-state index < -0.39 is 0 Å². The van der Waals surface area contributed by atoms with E-state index in [-0.39, 0.29) is 17.9 Å². The van der Waals surface area contributed by atoms with Gasteiger partial charge >= 0.3 is 0 Å². The monoisotopic (exact) mass is 229 g/mol. The van der Waals surface area contributed by atoms with Gasteiger partial charge in [0.05, 0.1) is 0 Å². The Labute approximate surface area is 101 Å². The molecule has 1 aromatic rings. The Hall–Kier alpha value is -1.90. The summed E-state index contributed by atoms with van der Waals surface area (Å²) >= 11 is 0. The lowest BCUT2D eigenvalue weighted by atomic mass is 10.1. The minimum absolute atomic E-state index is 0.0507. The Morgan fingerprint density at radius 3 is 2.24 bits per heavy atom. The van der Waals surface area contributed by atoms with Crippen LogP contribution in [0.15, 0.2) is 42.5 Å². The van der Waals surface area contributed by atoms with Crippen molar-refractivity contribution in [2.45, 2.75) is 25.8 Å². The molecule has 1 unspecified atom stereocenters. The van der Waals surface area contributed by atoms with Crippen LogP contribution in [0.4, 0.5) is 0 Å². The van der Waals surface area contributed by atoms with Crippen LogP contribution in [0, 0.1) is 0 Å². The molecule has 0 radical (unpaired) electrons. The van der Waals surface area contributed by atoms with Crippen molar-refractivity contribution < 1.29 is 9.59 Å². The number of aryl methyl sites for hydroxylation is 1. The average Bonchev–Trinajstić information content (AvgIpc) is 2.67. The summed E-state index contributed by atoms with van der Waals surface area (Å²) in [5.41, 5.74) is 1.23. The third-order valence-corrected chi connectivity index (χ3v) is 2.98. The second kappa shape index (κ2) is 4.95. The molecular weight excluding hydrogens is 214 g/mol. The first kappa shape index (κ1) is 11.6. The van der Waals surface area contributed by atoms with Crippen molar-refractivity contribution >= 4 is 11.8 Å². The molecule has 1 aliphatic heterocycles. The molecule has 0 bridgehead atoms. The topological polar surface area (TPSA) is 37.4 Å². The van der Waals surface area contributed by atoms with Crippen LogP contribution in [-0.2, 0) is 16.0 Å². The SMILES string of the molecule is CC(CCc1ccccc1)N1C(=O)C=CC1=O. The van der Waals surface area contributed by atoms with Gasteiger partial charge in [-0.3, -0.25) is 14.5 Å². The molecule has 0 aliphatic carbocycles. The van der Waals surface area contributed by atoms with E-state index in [2.05, 4.69) is 12.1 Å². The number of hydrogen-bond acceptors (Lipinski definition) is 2. The highest BCUT2D eigenvalue weighted by Crippen LogP contribution is 2.14. The van der Waals surface area contributed by atoms with Gasteiger partial charge in [-0.1, -0.05) is 30.3 Å². The van der Waals surface area contributed by atoms with Crippen molar-refractivity contribution in [3.8, 4) is 0 Å². The van der Waals surface area contributed by atoms with Gasteiger partial charge in [0.2, 0.25) is 0 Å². The molecule has 0 spiro atoms. The fraction of sp³-hybridized carbons (Fsp3) is 0.286. The van der Waals surface area contributed by atoms with Gasteiger partial charge in [-0.15, -0.1) is 0 Å². The van der Waals surface area contributed by atoms with Gasteiger partial charge in [0, 0.05) is 18.2 Å². The smallest absolute Gasteiger partial charge is 0.253 e. The molecule has 3 heteroatoms. The second-order valence-electron chi connectivity index (χ2n) is 4.25. The Balaban J connectivity index is 1.92. The van der Waals surface area contributed by atoms with Crippen LogP contribution >= 0.6 is 0 Å². The van der Waals surface area contributed by atoms with Gasteiger partial charge in [-0.05, 0) is 25.3 Å². The lowest BCUT2D eigenvalue weighted by Crippen LogP contribution is -2.38. The minimum atomic E-state index is -0.199. The molecular formula is C14H15NO2. The predicted octanol–water partition coefficient (Wildman–Crippen LogP) is 1.93. The Morgan fingerprint density at radius 2 is 1.65 bits per heavy atom. The van der Waals surface area contributed by atoms with Crippen molar-refractivity contribution in [3.05, 3.63) is 48.0 Å². The summed E-state index contributed by atoms with van der Waals surface area (Å²) in [5, 5.41) is 0. The number of rotatable bonds is 4. The molecule has 0 saturated carbocycles. The maximum atomic E-state index is 11.5. The number of carbonyl (C=O) groups is 2. The highest BCUT2D eigenvalue weighted by molar-refractivity contribution is 6.13. The lowest BCUT2D eigenvalue weighted by molar-refractivity contribution is -0.139. The molecule has 3 nitrogen and oxygen atoms in total. The van der Waals surface area contributed by atoms with Crippen LogP contribution in [0.5, 0.6) is 0 Å². The standard InChI is InChI=1S/C14H15NO2/c1-11(15-13(16)9-10-14(15)17)7-8-12-5-3-2-4-6-12/h2-6,9-11H,7-8H2,1H3. The van der Waals surface area contributed by atoms with Crippen LogP contribution < -0.4 is 0 Å². The van der Waals surface area contributed by atoms with E-state index in [1.807, 2.05) is 25.1 Å². The lowest BCUT2D eigenvalue weighted by Gasteiger charge is -2.22. The summed E-state index contributed by atoms with van der Waals surface area (Å²) in [6, 6.07) is 10.0. The van der Waals surface area contributed by atoms with Gasteiger partial charge < -0.3 is 0 Å². The zero-order valence-electron chi connectivity index (χ0n) is 9.80. The van der Waals surface area contributed by atoms with Crippen LogP contribution in [0.2, 0.25) is 0 Å². The summed E-state index contributed by atoms with van der Waals surface area (Å²) in [4.78, 5) is 24.2. The largest absolute Gasteiger partial charge is 0.273 e. The fourth-order valence-electron chi connectivity index (χ4n) is 2.00. The highest BCUT2D eigenvalue weighted by atomic mass is 16.2. The number of carbonyl (C=O) groups excluding carboxylic acids is 2. The predicted molar refractivity (Wildman–Crippen MR) is 65.2 cm³/mol. The number of amides is 2. The first-order chi connectivity index (χ1) is 8.18. The van der Waals surface area contributed by atoms with Crippen molar-refractivity contribution in [2.24, 2.45) is 0 Å². The molecule has 1 aliphatic rings. The highest BCUT2D eigenvalue weighted by Gasteiger charge is 2.27. The van der Waals surface area contributed by atoms with Crippen LogP contribution in [0.25, 0.3) is 0 Å². The first-order valence-electron chi connectivity index (χ1n) is 5.77. The molecule has 2 rings (SSSR count). The molecule has 0 aromatic heterocycles. The maximum Gasteiger partial charge on any atom is 0.253 e. The van der Waals surface area contributed by atoms with Crippen molar-refractivity contribution in [2.75, 3.05) is 0 Å². The molecule has 0 fully saturated rings. The van der Waals surface area contributed by atoms with E-state index >= 15 is 0 Å². The van der Waals surface area contributed by atoms with E-state index in [4.69, 9.17) is 0 Å². The van der Waals surface area contributed by atoms with Crippen LogP contribution in [0.1, 0.15) is 18.9 Å². The Kier molecular flexibility index (Phi) is 3.38. The molecule has 2 amide bonds. The number of imide groups is 1. The van der Waals surface area contributed by atoms with E-state index in [1.165, 1.54) is 22.6 Å². The third kappa shape index (κ3) is 2.61. The van der Waals surface area contributed by atoms with Crippen LogP contribution in [0.3, 0.4) is 0 Å². The van der Waals surface area contributed by atoms with Gasteiger partial charge in [-0.25, -0.2) is 0 Å². The molecule has 0 N–H and O–H groups in total. The van der Waals surface area contributed by atoms with Gasteiger partial charge in [-0.2, -0.15) is 0 Å². The van der Waals surface area contributed by atoms with E-state index in [0.29, 0.717) is 0 Å². The number of benzene rings is 1. The summed E-state index contributed by atoms with van der Waals surface area (Å²) in [6.07, 6.45) is 4.34. The van der Waals surface area contributed by atoms with Gasteiger partial charge in [0.15, 0.2) is 0 Å². The second-order valence-corrected chi connectivity index (χ2v) is 4.25. The molecule has 88 valence electrons. The summed E-state index contributed by atoms with van der Waals surface area (Å²) in [7, 11) is 0. The van der Waals surface area contributed by atoms with Gasteiger partial charge in [0.25, 0.3) is 11.8 Å². The summed E-state index contributed by atoms with van der Waals surface area (Å²) < 4.78 is 0. The zero-order chi connectivity index (χ0) is 12.3. The maximum absolute atomic E-state index is 11.5. The van der Waals surface area contributed by atoms with E-state index in [1.54, 1.807) is 0 Å². The van der Waals surface area contributed by atoms with Gasteiger partial charge in [0.1, 0.15) is 0 Å². The summed E-state index contributed by atoms with van der Waals surface area (Å²) in [5.74, 6) is -0.397. The van der Waals surface area contributed by atoms with Crippen molar-refractivity contribution in [1.82, 2.24) is 4.90 Å². The molecule has 1 atom stereocenters. The Morgan fingerprint density at radius 1 is 1.06 bits per heavy atom. The zero-order valence-corrected chi connectivity index (χ0v) is 9.80. The third-order valence-electron chi connectivity index (χ3n) is 2.98. The molecule has 1 aromatic carbocycles. The first-order valence-corrected chi connectivity index (χ1v) is 5.77. The van der Waals surface area contributed by atoms with Crippen molar-refractivity contribution in [1.29, 1.82) is 0 Å². The molecule has 17 heavy (non-hydrogen) atoms.